The van der Waals surface area contributed by atoms with E-state index in [9.17, 15) is 5.11 Å². The van der Waals surface area contributed by atoms with E-state index < -0.39 is 5.60 Å². The Hall–Kier alpha value is -2.36. The number of benzene rings is 1. The number of hydrogen-bond donors (Lipinski definition) is 1. The Morgan fingerprint density at radius 1 is 1.16 bits per heavy atom. The van der Waals surface area contributed by atoms with Crippen LogP contribution in [0.3, 0.4) is 0 Å². The molecule has 0 spiro atoms. The van der Waals surface area contributed by atoms with Gasteiger partial charge in [-0.05, 0) is 44.2 Å². The molecule has 96 valence electrons. The fourth-order valence-corrected chi connectivity index (χ4v) is 1.40. The summed E-state index contributed by atoms with van der Waals surface area (Å²) >= 11 is 0. The van der Waals surface area contributed by atoms with Gasteiger partial charge in [0.15, 0.2) is 11.5 Å². The lowest BCUT2D eigenvalue weighted by molar-refractivity contribution is 0.143. The largest absolute Gasteiger partial charge is 0.454 e. The highest BCUT2D eigenvalue weighted by Gasteiger charge is 2.12. The summed E-state index contributed by atoms with van der Waals surface area (Å²) in [6.07, 6.45) is 3.25. The number of allylic oxidation sites excluding steroid dienone is 2. The van der Waals surface area contributed by atoms with Crippen molar-refractivity contribution in [2.24, 2.45) is 0 Å². The molecule has 1 aromatic carbocycles. The molecule has 19 heavy (non-hydrogen) atoms. The normalized spacial score (nSPS) is 12.6. The minimum atomic E-state index is -0.977. The third-order valence-corrected chi connectivity index (χ3v) is 2.22. The summed E-state index contributed by atoms with van der Waals surface area (Å²) in [4.78, 5) is 0. The zero-order valence-corrected chi connectivity index (χ0v) is 10.9. The van der Waals surface area contributed by atoms with Gasteiger partial charge in [0.2, 0.25) is 6.79 Å². The highest BCUT2D eigenvalue weighted by molar-refractivity contribution is 5.50. The number of rotatable bonds is 0. The Balaban J connectivity index is 2.00. The van der Waals surface area contributed by atoms with Gasteiger partial charge in [0, 0.05) is 5.56 Å². The van der Waals surface area contributed by atoms with Crippen LogP contribution in [0.4, 0.5) is 0 Å². The number of aliphatic hydroxyl groups is 1. The predicted molar refractivity (Wildman–Crippen MR) is 72.7 cm³/mol. The van der Waals surface area contributed by atoms with Crippen LogP contribution in [0.1, 0.15) is 19.4 Å². The molecule has 3 nitrogen and oxygen atoms in total. The maximum atomic E-state index is 9.37. The molecule has 0 saturated heterocycles. The first-order valence-electron chi connectivity index (χ1n) is 5.86. The Morgan fingerprint density at radius 2 is 1.89 bits per heavy atom. The summed E-state index contributed by atoms with van der Waals surface area (Å²) in [5.74, 6) is 12.7. The fraction of sp³-hybridized carbons (Fsp3) is 0.250. The lowest BCUT2D eigenvalue weighted by atomic mass is 10.1. The van der Waals surface area contributed by atoms with E-state index in [1.807, 2.05) is 18.2 Å². The summed E-state index contributed by atoms with van der Waals surface area (Å²) in [6.45, 7) is 3.52. The van der Waals surface area contributed by atoms with E-state index in [0.717, 1.165) is 17.1 Å². The van der Waals surface area contributed by atoms with Crippen LogP contribution in [0.25, 0.3) is 0 Å². The summed E-state index contributed by atoms with van der Waals surface area (Å²) in [6, 6.07) is 5.55. The molecule has 0 amide bonds. The molecule has 1 heterocycles. The van der Waals surface area contributed by atoms with E-state index in [2.05, 4.69) is 23.7 Å². The SMILES string of the molecule is CC(C)(O)C#C/C=C/C#Cc1ccc2c(c1)OCO2. The smallest absolute Gasteiger partial charge is 0.231 e. The van der Waals surface area contributed by atoms with Gasteiger partial charge in [-0.1, -0.05) is 23.7 Å². The van der Waals surface area contributed by atoms with Crippen molar-refractivity contribution >= 4 is 0 Å². The highest BCUT2D eigenvalue weighted by atomic mass is 16.7. The van der Waals surface area contributed by atoms with E-state index in [1.54, 1.807) is 26.0 Å². The van der Waals surface area contributed by atoms with E-state index in [-0.39, 0.29) is 6.79 Å². The van der Waals surface area contributed by atoms with Crippen LogP contribution in [-0.4, -0.2) is 17.5 Å². The van der Waals surface area contributed by atoms with E-state index in [0.29, 0.717) is 0 Å². The summed E-state index contributed by atoms with van der Waals surface area (Å²) in [7, 11) is 0. The second-order valence-electron chi connectivity index (χ2n) is 4.50. The quantitative estimate of drug-likeness (QED) is 0.721. The van der Waals surface area contributed by atoms with Crippen molar-refractivity contribution in [1.29, 1.82) is 0 Å². The van der Waals surface area contributed by atoms with Gasteiger partial charge >= 0.3 is 0 Å². The van der Waals surface area contributed by atoms with Crippen molar-refractivity contribution in [3.63, 3.8) is 0 Å². The lowest BCUT2D eigenvalue weighted by Crippen LogP contribution is -2.14. The minimum Gasteiger partial charge on any atom is -0.454 e. The third-order valence-electron chi connectivity index (χ3n) is 2.22. The molecule has 0 atom stereocenters. The molecule has 1 aliphatic heterocycles. The van der Waals surface area contributed by atoms with Crippen molar-refractivity contribution in [1.82, 2.24) is 0 Å². The Bertz CT molecular complexity index is 613. The fourth-order valence-electron chi connectivity index (χ4n) is 1.40. The average Bonchev–Trinajstić information content (AvgIpc) is 2.79. The van der Waals surface area contributed by atoms with Gasteiger partial charge in [-0.15, -0.1) is 0 Å². The van der Waals surface area contributed by atoms with Crippen LogP contribution in [-0.2, 0) is 0 Å². The summed E-state index contributed by atoms with van der Waals surface area (Å²) in [5, 5.41) is 9.37. The molecule has 2 rings (SSSR count). The Kier molecular flexibility index (Phi) is 3.80. The van der Waals surface area contributed by atoms with Gasteiger partial charge in [0.05, 0.1) is 0 Å². The first kappa shape index (κ1) is 13.1. The van der Waals surface area contributed by atoms with E-state index in [4.69, 9.17) is 9.47 Å². The molecule has 0 unspecified atom stereocenters. The Morgan fingerprint density at radius 3 is 2.68 bits per heavy atom. The van der Waals surface area contributed by atoms with Crippen LogP contribution in [0.2, 0.25) is 0 Å². The molecular formula is C16H14O3. The molecule has 1 aliphatic rings. The zero-order chi connectivity index (χ0) is 13.7. The average molecular weight is 254 g/mol. The molecule has 1 N–H and O–H groups in total. The molecule has 0 radical (unpaired) electrons. The maximum absolute atomic E-state index is 9.37. The van der Waals surface area contributed by atoms with Gasteiger partial charge < -0.3 is 14.6 Å². The number of hydrogen-bond acceptors (Lipinski definition) is 3. The lowest BCUT2D eigenvalue weighted by Gasteiger charge is -2.04. The second kappa shape index (κ2) is 5.52. The summed E-state index contributed by atoms with van der Waals surface area (Å²) < 4.78 is 10.5. The molecule has 0 bridgehead atoms. The van der Waals surface area contributed by atoms with Crippen molar-refractivity contribution in [2.45, 2.75) is 19.4 Å². The maximum Gasteiger partial charge on any atom is 0.231 e. The summed E-state index contributed by atoms with van der Waals surface area (Å²) in [5.41, 5.74) is -0.126. The second-order valence-corrected chi connectivity index (χ2v) is 4.50. The van der Waals surface area contributed by atoms with Gasteiger partial charge in [0.1, 0.15) is 5.60 Å². The van der Waals surface area contributed by atoms with Gasteiger partial charge in [-0.3, -0.25) is 0 Å². The van der Waals surface area contributed by atoms with E-state index in [1.165, 1.54) is 0 Å². The van der Waals surface area contributed by atoms with Crippen molar-refractivity contribution in [2.75, 3.05) is 6.79 Å². The van der Waals surface area contributed by atoms with Gasteiger partial charge in [-0.25, -0.2) is 0 Å². The molecular weight excluding hydrogens is 240 g/mol. The third kappa shape index (κ3) is 4.10. The van der Waals surface area contributed by atoms with Crippen LogP contribution in [0.15, 0.2) is 30.4 Å². The van der Waals surface area contributed by atoms with Gasteiger partial charge in [-0.2, -0.15) is 0 Å². The van der Waals surface area contributed by atoms with Crippen LogP contribution in [0, 0.1) is 23.7 Å². The van der Waals surface area contributed by atoms with Crippen molar-refractivity contribution in [3.8, 4) is 35.2 Å². The first-order chi connectivity index (χ1) is 9.04. The van der Waals surface area contributed by atoms with Gasteiger partial charge in [0.25, 0.3) is 0 Å². The zero-order valence-electron chi connectivity index (χ0n) is 10.9. The van der Waals surface area contributed by atoms with Crippen LogP contribution < -0.4 is 9.47 Å². The van der Waals surface area contributed by atoms with E-state index >= 15 is 0 Å². The molecule has 0 saturated carbocycles. The van der Waals surface area contributed by atoms with Crippen molar-refractivity contribution in [3.05, 3.63) is 35.9 Å². The topological polar surface area (TPSA) is 38.7 Å². The van der Waals surface area contributed by atoms with Crippen LogP contribution in [0.5, 0.6) is 11.5 Å². The molecule has 0 fully saturated rings. The molecule has 0 aliphatic carbocycles. The van der Waals surface area contributed by atoms with Crippen molar-refractivity contribution < 1.29 is 14.6 Å². The minimum absolute atomic E-state index is 0.263. The predicted octanol–water partition coefficient (Wildman–Crippen LogP) is 2.10. The van der Waals surface area contributed by atoms with Crippen LogP contribution >= 0.6 is 0 Å². The standard InChI is InChI=1S/C16H14O3/c1-16(2,17)10-6-4-3-5-7-13-8-9-14-15(11-13)19-12-18-14/h3-4,8-9,11,17H,12H2,1-2H3/b4-3+. The monoisotopic (exact) mass is 254 g/mol. The molecule has 1 aromatic rings. The first-order valence-corrected chi connectivity index (χ1v) is 5.86. The Labute approximate surface area is 112 Å². The molecule has 3 heteroatoms. The molecule has 0 aromatic heterocycles. The number of ether oxygens (including phenoxy) is 2. The highest BCUT2D eigenvalue weighted by Crippen LogP contribution is 2.32. The number of fused-ring (bicyclic) bond motifs is 1.